The van der Waals surface area contributed by atoms with Crippen LogP contribution < -0.4 is 21.1 Å². The van der Waals surface area contributed by atoms with Crippen LogP contribution in [0, 0.1) is 0 Å². The average Bonchev–Trinajstić information content (AvgIpc) is 2.24. The molecule has 20 heavy (non-hydrogen) atoms. The molecule has 10 heteroatoms. The zero-order valence-corrected chi connectivity index (χ0v) is 11.8. The van der Waals surface area contributed by atoms with Gasteiger partial charge in [-0.1, -0.05) is 0 Å². The molecular formula is C10H15ClN6O3. The molecule has 0 saturated carbocycles. The lowest BCUT2D eigenvalue weighted by molar-refractivity contribution is -0.117. The molecule has 0 spiro atoms. The van der Waals surface area contributed by atoms with Crippen molar-refractivity contribution in [2.75, 3.05) is 18.0 Å². The molecule has 0 unspecified atom stereocenters. The number of nitrogens with two attached hydrogens (primary N) is 2. The van der Waals surface area contributed by atoms with Crippen LogP contribution in [-0.4, -0.2) is 46.0 Å². The maximum atomic E-state index is 11.0. The second-order valence-electron chi connectivity index (χ2n) is 4.14. The highest BCUT2D eigenvalue weighted by molar-refractivity contribution is 6.28. The SMILES string of the molecule is CC(C)Oc1nc(Cl)nc(N(CC(N)=O)CC(N)=O)n1. The molecular weight excluding hydrogens is 288 g/mol. The van der Waals surface area contributed by atoms with Crippen LogP contribution >= 0.6 is 11.6 Å². The minimum absolute atomic E-state index is 0.0155. The molecule has 110 valence electrons. The van der Waals surface area contributed by atoms with Crippen LogP contribution in [0.4, 0.5) is 5.95 Å². The molecule has 1 heterocycles. The summed E-state index contributed by atoms with van der Waals surface area (Å²) < 4.78 is 5.29. The Morgan fingerprint density at radius 3 is 2.20 bits per heavy atom. The lowest BCUT2D eigenvalue weighted by Crippen LogP contribution is -2.40. The molecule has 0 aliphatic heterocycles. The second kappa shape index (κ2) is 6.85. The molecule has 2 amide bonds. The van der Waals surface area contributed by atoms with Crippen molar-refractivity contribution in [3.8, 4) is 6.01 Å². The highest BCUT2D eigenvalue weighted by Crippen LogP contribution is 2.15. The fourth-order valence-electron chi connectivity index (χ4n) is 1.30. The van der Waals surface area contributed by atoms with E-state index >= 15 is 0 Å². The summed E-state index contributed by atoms with van der Waals surface area (Å²) in [5.41, 5.74) is 10.2. The summed E-state index contributed by atoms with van der Waals surface area (Å²) in [4.78, 5) is 34.8. The molecule has 0 saturated heterocycles. The molecule has 4 N–H and O–H groups in total. The monoisotopic (exact) mass is 302 g/mol. The van der Waals surface area contributed by atoms with Gasteiger partial charge in [-0.05, 0) is 25.4 Å². The zero-order valence-electron chi connectivity index (χ0n) is 11.0. The number of nitrogens with zero attached hydrogens (tertiary/aromatic N) is 4. The summed E-state index contributed by atoms with van der Waals surface area (Å²) in [7, 11) is 0. The number of halogens is 1. The van der Waals surface area contributed by atoms with E-state index in [0.717, 1.165) is 0 Å². The average molecular weight is 303 g/mol. The maximum Gasteiger partial charge on any atom is 0.322 e. The third kappa shape index (κ3) is 5.22. The van der Waals surface area contributed by atoms with Crippen molar-refractivity contribution in [3.63, 3.8) is 0 Å². The summed E-state index contributed by atoms with van der Waals surface area (Å²) in [6.07, 6.45) is -0.179. The van der Waals surface area contributed by atoms with Crippen LogP contribution in [-0.2, 0) is 9.59 Å². The van der Waals surface area contributed by atoms with Crippen LogP contribution in [0.15, 0.2) is 0 Å². The molecule has 0 aliphatic carbocycles. The van der Waals surface area contributed by atoms with Gasteiger partial charge in [0.15, 0.2) is 0 Å². The van der Waals surface area contributed by atoms with E-state index in [-0.39, 0.29) is 36.4 Å². The smallest absolute Gasteiger partial charge is 0.322 e. The number of rotatable bonds is 7. The molecule has 0 fully saturated rings. The first-order chi connectivity index (χ1) is 9.27. The Labute approximate surface area is 120 Å². The third-order valence-corrected chi connectivity index (χ3v) is 2.06. The normalized spacial score (nSPS) is 10.4. The van der Waals surface area contributed by atoms with E-state index in [1.54, 1.807) is 13.8 Å². The molecule has 0 aromatic carbocycles. The number of carbonyl (C=O) groups is 2. The first-order valence-electron chi connectivity index (χ1n) is 5.67. The van der Waals surface area contributed by atoms with Gasteiger partial charge in [-0.25, -0.2) is 0 Å². The summed E-state index contributed by atoms with van der Waals surface area (Å²) in [5.74, 6) is -1.36. The topological polar surface area (TPSA) is 137 Å². The highest BCUT2D eigenvalue weighted by atomic mass is 35.5. The Bertz CT molecular complexity index is 494. The second-order valence-corrected chi connectivity index (χ2v) is 4.48. The summed E-state index contributed by atoms with van der Waals surface area (Å²) in [5, 5.41) is -0.135. The number of carbonyl (C=O) groups excluding carboxylic acids is 2. The van der Waals surface area contributed by atoms with E-state index in [4.69, 9.17) is 27.8 Å². The number of hydrogen-bond acceptors (Lipinski definition) is 7. The van der Waals surface area contributed by atoms with Crippen LogP contribution in [0.5, 0.6) is 6.01 Å². The van der Waals surface area contributed by atoms with E-state index in [2.05, 4.69) is 15.0 Å². The van der Waals surface area contributed by atoms with Crippen LogP contribution in [0.2, 0.25) is 5.28 Å². The Kier molecular flexibility index (Phi) is 5.44. The van der Waals surface area contributed by atoms with Crippen molar-refractivity contribution in [2.24, 2.45) is 11.5 Å². The maximum absolute atomic E-state index is 11.0. The number of primary amides is 2. The molecule has 9 nitrogen and oxygen atoms in total. The van der Waals surface area contributed by atoms with Crippen LogP contribution in [0.25, 0.3) is 0 Å². The van der Waals surface area contributed by atoms with Gasteiger partial charge in [0.05, 0.1) is 6.10 Å². The van der Waals surface area contributed by atoms with Gasteiger partial charge in [-0.3, -0.25) is 9.59 Å². The van der Waals surface area contributed by atoms with Crippen LogP contribution in [0.1, 0.15) is 13.8 Å². The first-order valence-corrected chi connectivity index (χ1v) is 6.05. The largest absolute Gasteiger partial charge is 0.461 e. The van der Waals surface area contributed by atoms with E-state index < -0.39 is 11.8 Å². The van der Waals surface area contributed by atoms with Crippen LogP contribution in [0.3, 0.4) is 0 Å². The van der Waals surface area contributed by atoms with Crippen molar-refractivity contribution in [2.45, 2.75) is 20.0 Å². The van der Waals surface area contributed by atoms with E-state index in [9.17, 15) is 9.59 Å². The van der Waals surface area contributed by atoms with E-state index in [1.807, 2.05) is 0 Å². The fourth-order valence-corrected chi connectivity index (χ4v) is 1.45. The van der Waals surface area contributed by atoms with Gasteiger partial charge in [-0.15, -0.1) is 0 Å². The summed E-state index contributed by atoms with van der Waals surface area (Å²) >= 11 is 5.75. The van der Waals surface area contributed by atoms with Gasteiger partial charge in [0.2, 0.25) is 23.0 Å². The molecule has 0 atom stereocenters. The van der Waals surface area contributed by atoms with Crippen molar-refractivity contribution < 1.29 is 14.3 Å². The van der Waals surface area contributed by atoms with Crippen molar-refractivity contribution >= 4 is 29.4 Å². The number of hydrogen-bond donors (Lipinski definition) is 2. The summed E-state index contributed by atoms with van der Waals surface area (Å²) in [6, 6.07) is -0.0195. The number of aromatic nitrogens is 3. The number of anilines is 1. The van der Waals surface area contributed by atoms with E-state index in [1.165, 1.54) is 4.90 Å². The molecule has 1 aromatic heterocycles. The third-order valence-electron chi connectivity index (χ3n) is 1.89. The number of amides is 2. The Hall–Kier alpha value is -2.16. The highest BCUT2D eigenvalue weighted by Gasteiger charge is 2.18. The van der Waals surface area contributed by atoms with Gasteiger partial charge >= 0.3 is 6.01 Å². The van der Waals surface area contributed by atoms with Crippen molar-refractivity contribution in [3.05, 3.63) is 5.28 Å². The van der Waals surface area contributed by atoms with Crippen molar-refractivity contribution in [1.82, 2.24) is 15.0 Å². The molecule has 1 rings (SSSR count). The first kappa shape index (κ1) is 15.9. The lowest BCUT2D eigenvalue weighted by Gasteiger charge is -2.19. The lowest BCUT2D eigenvalue weighted by atomic mass is 10.4. The predicted octanol–water partition coefficient (Wildman–Crippen LogP) is -0.911. The minimum atomic E-state index is -0.672. The quantitative estimate of drug-likeness (QED) is 0.665. The van der Waals surface area contributed by atoms with Crippen molar-refractivity contribution in [1.29, 1.82) is 0 Å². The zero-order chi connectivity index (χ0) is 15.3. The molecule has 0 radical (unpaired) electrons. The predicted molar refractivity (Wildman–Crippen MR) is 71.2 cm³/mol. The summed E-state index contributed by atoms with van der Waals surface area (Å²) in [6.45, 7) is 2.98. The minimum Gasteiger partial charge on any atom is -0.461 e. The standard InChI is InChI=1S/C10H15ClN6O3/c1-5(2)20-10-15-8(11)14-9(16-10)17(3-6(12)18)4-7(13)19/h5H,3-4H2,1-2H3,(H2,12,18)(H2,13,19). The Morgan fingerprint density at radius 1 is 1.20 bits per heavy atom. The molecule has 1 aromatic rings. The number of ether oxygens (including phenoxy) is 1. The van der Waals surface area contributed by atoms with Gasteiger partial charge in [0.1, 0.15) is 13.1 Å². The molecule has 0 bridgehead atoms. The fraction of sp³-hybridized carbons (Fsp3) is 0.500. The van der Waals surface area contributed by atoms with Gasteiger partial charge in [0, 0.05) is 0 Å². The van der Waals surface area contributed by atoms with E-state index in [0.29, 0.717) is 0 Å². The van der Waals surface area contributed by atoms with Gasteiger partial charge < -0.3 is 21.1 Å². The molecule has 0 aliphatic rings. The van der Waals surface area contributed by atoms with Gasteiger partial charge in [0.25, 0.3) is 0 Å². The van der Waals surface area contributed by atoms with Gasteiger partial charge in [-0.2, -0.15) is 15.0 Å². The Balaban J connectivity index is 3.07. The Morgan fingerprint density at radius 2 is 1.75 bits per heavy atom.